The quantitative estimate of drug-likeness (QED) is 0.938. The topological polar surface area (TPSA) is 69.2 Å². The molecule has 0 unspecified atom stereocenters. The minimum Gasteiger partial charge on any atom is -0.545 e. The van der Waals surface area contributed by atoms with Crippen molar-refractivity contribution in [1.29, 1.82) is 0 Å². The fraction of sp³-hybridized carbons (Fsp3) is 0.0667. The third-order valence-corrected chi connectivity index (χ3v) is 3.36. The molecule has 20 heavy (non-hydrogen) atoms. The van der Waals surface area contributed by atoms with E-state index in [2.05, 4.69) is 21.2 Å². The van der Waals surface area contributed by atoms with Crippen molar-refractivity contribution in [2.24, 2.45) is 0 Å². The maximum Gasteiger partial charge on any atom is 0.255 e. The third-order valence-electron chi connectivity index (χ3n) is 2.83. The smallest absolute Gasteiger partial charge is 0.255 e. The van der Waals surface area contributed by atoms with E-state index in [1.807, 2.05) is 0 Å². The Morgan fingerprint density at radius 3 is 2.25 bits per heavy atom. The number of benzene rings is 2. The summed E-state index contributed by atoms with van der Waals surface area (Å²) in [6.07, 6.45) is 0. The van der Waals surface area contributed by atoms with Crippen LogP contribution in [0.3, 0.4) is 0 Å². The first-order valence-corrected chi connectivity index (χ1v) is 6.65. The number of aryl methyl sites for hydroxylation is 1. The molecule has 0 saturated heterocycles. The fourth-order valence-corrected chi connectivity index (χ4v) is 1.94. The fourth-order valence-electron chi connectivity index (χ4n) is 1.68. The highest BCUT2D eigenvalue weighted by molar-refractivity contribution is 9.10. The van der Waals surface area contributed by atoms with Gasteiger partial charge in [-0.15, -0.1) is 0 Å². The normalized spacial score (nSPS) is 10.1. The molecule has 1 N–H and O–H groups in total. The Morgan fingerprint density at radius 1 is 1.05 bits per heavy atom. The van der Waals surface area contributed by atoms with E-state index in [1.165, 1.54) is 12.1 Å². The summed E-state index contributed by atoms with van der Waals surface area (Å²) < 4.78 is 0.879. The summed E-state index contributed by atoms with van der Waals surface area (Å²) in [6, 6.07) is 11.3. The van der Waals surface area contributed by atoms with Crippen molar-refractivity contribution >= 4 is 33.5 Å². The second-order valence-corrected chi connectivity index (χ2v) is 5.19. The predicted octanol–water partition coefficient (Wildman–Crippen LogP) is 2.37. The molecule has 0 aromatic heterocycles. The summed E-state index contributed by atoms with van der Waals surface area (Å²) in [4.78, 5) is 22.9. The Balaban J connectivity index is 2.25. The van der Waals surface area contributed by atoms with Crippen LogP contribution in [0.15, 0.2) is 46.9 Å². The predicted molar refractivity (Wildman–Crippen MR) is 77.6 cm³/mol. The number of nitrogens with one attached hydrogen (secondary N) is 1. The highest BCUT2D eigenvalue weighted by Gasteiger charge is 2.08. The molecule has 0 aliphatic carbocycles. The Morgan fingerprint density at radius 2 is 1.65 bits per heavy atom. The number of anilines is 1. The van der Waals surface area contributed by atoms with Gasteiger partial charge in [0.2, 0.25) is 0 Å². The first-order chi connectivity index (χ1) is 9.47. The van der Waals surface area contributed by atoms with E-state index in [9.17, 15) is 14.7 Å². The molecule has 0 aliphatic rings. The third kappa shape index (κ3) is 3.24. The first kappa shape index (κ1) is 14.3. The van der Waals surface area contributed by atoms with Crippen molar-refractivity contribution in [3.8, 4) is 0 Å². The van der Waals surface area contributed by atoms with E-state index < -0.39 is 5.97 Å². The van der Waals surface area contributed by atoms with E-state index in [1.54, 1.807) is 37.3 Å². The van der Waals surface area contributed by atoms with Crippen LogP contribution in [0.2, 0.25) is 0 Å². The van der Waals surface area contributed by atoms with Gasteiger partial charge in [-0.25, -0.2) is 0 Å². The SMILES string of the molecule is Cc1ccc(C(=O)[O-])cc1NC(=O)c1ccc(Br)cc1. The van der Waals surface area contributed by atoms with Gasteiger partial charge in [-0.2, -0.15) is 0 Å². The van der Waals surface area contributed by atoms with Crippen molar-refractivity contribution in [2.75, 3.05) is 5.32 Å². The molecule has 2 aromatic rings. The maximum absolute atomic E-state index is 12.1. The van der Waals surface area contributed by atoms with Gasteiger partial charge in [-0.3, -0.25) is 4.79 Å². The molecule has 1 amide bonds. The lowest BCUT2D eigenvalue weighted by atomic mass is 10.1. The Kier molecular flexibility index (Phi) is 4.20. The number of hydrogen-bond donors (Lipinski definition) is 1. The van der Waals surface area contributed by atoms with E-state index in [0.717, 1.165) is 10.0 Å². The van der Waals surface area contributed by atoms with Gasteiger partial charge in [-0.1, -0.05) is 28.1 Å². The van der Waals surface area contributed by atoms with Crippen LogP contribution in [0.1, 0.15) is 26.3 Å². The zero-order valence-electron chi connectivity index (χ0n) is 10.6. The Labute approximate surface area is 124 Å². The van der Waals surface area contributed by atoms with Crippen molar-refractivity contribution in [3.05, 3.63) is 63.6 Å². The molecule has 0 aliphatic heterocycles. The molecule has 2 aromatic carbocycles. The maximum atomic E-state index is 12.1. The Bertz CT molecular complexity index is 665. The molecular weight excluding hydrogens is 322 g/mol. The molecule has 5 heteroatoms. The lowest BCUT2D eigenvalue weighted by Gasteiger charge is -2.11. The second-order valence-electron chi connectivity index (χ2n) is 4.28. The second kappa shape index (κ2) is 5.88. The van der Waals surface area contributed by atoms with Crippen LogP contribution in [0.4, 0.5) is 5.69 Å². The van der Waals surface area contributed by atoms with Gasteiger partial charge in [0.25, 0.3) is 5.91 Å². The molecule has 0 bridgehead atoms. The average Bonchev–Trinajstić information content (AvgIpc) is 2.41. The van der Waals surface area contributed by atoms with Gasteiger partial charge in [0, 0.05) is 15.7 Å². The van der Waals surface area contributed by atoms with Crippen LogP contribution in [-0.2, 0) is 0 Å². The number of carbonyl (C=O) groups excluding carboxylic acids is 2. The number of rotatable bonds is 3. The van der Waals surface area contributed by atoms with Gasteiger partial charge < -0.3 is 15.2 Å². The summed E-state index contributed by atoms with van der Waals surface area (Å²) >= 11 is 3.29. The molecule has 0 heterocycles. The van der Waals surface area contributed by atoms with Crippen molar-refractivity contribution in [1.82, 2.24) is 0 Å². The van der Waals surface area contributed by atoms with Crippen LogP contribution in [-0.4, -0.2) is 11.9 Å². The molecule has 0 atom stereocenters. The van der Waals surface area contributed by atoms with E-state index in [4.69, 9.17) is 0 Å². The first-order valence-electron chi connectivity index (χ1n) is 5.86. The largest absolute Gasteiger partial charge is 0.545 e. The molecule has 102 valence electrons. The van der Waals surface area contributed by atoms with Crippen LogP contribution >= 0.6 is 15.9 Å². The minimum absolute atomic E-state index is 0.0294. The highest BCUT2D eigenvalue weighted by Crippen LogP contribution is 2.18. The van der Waals surface area contributed by atoms with Gasteiger partial charge in [-0.05, 0) is 48.4 Å². The number of hydrogen-bond acceptors (Lipinski definition) is 3. The summed E-state index contributed by atoms with van der Waals surface area (Å²) in [5.74, 6) is -1.57. The van der Waals surface area contributed by atoms with Crippen molar-refractivity contribution < 1.29 is 14.7 Å². The number of carboxylic acids is 1. The van der Waals surface area contributed by atoms with Crippen molar-refractivity contribution in [3.63, 3.8) is 0 Å². The summed E-state index contributed by atoms with van der Waals surface area (Å²) in [7, 11) is 0. The van der Waals surface area contributed by atoms with Crippen molar-refractivity contribution in [2.45, 2.75) is 6.92 Å². The number of halogens is 1. The lowest BCUT2D eigenvalue weighted by Crippen LogP contribution is -2.22. The molecule has 4 nitrogen and oxygen atoms in total. The van der Waals surface area contributed by atoms with Crippen LogP contribution in [0.5, 0.6) is 0 Å². The Hall–Kier alpha value is -2.14. The van der Waals surface area contributed by atoms with E-state index in [0.29, 0.717) is 11.3 Å². The number of carbonyl (C=O) groups is 2. The monoisotopic (exact) mass is 332 g/mol. The molecule has 0 spiro atoms. The molecule has 0 fully saturated rings. The molecule has 0 radical (unpaired) electrons. The van der Waals surface area contributed by atoms with Gasteiger partial charge in [0.1, 0.15) is 0 Å². The van der Waals surface area contributed by atoms with Crippen LogP contribution < -0.4 is 10.4 Å². The average molecular weight is 333 g/mol. The molecule has 2 rings (SSSR count). The minimum atomic E-state index is -1.27. The van der Waals surface area contributed by atoms with Gasteiger partial charge >= 0.3 is 0 Å². The zero-order chi connectivity index (χ0) is 14.7. The summed E-state index contributed by atoms with van der Waals surface area (Å²) in [5, 5.41) is 13.5. The lowest BCUT2D eigenvalue weighted by molar-refractivity contribution is -0.255. The highest BCUT2D eigenvalue weighted by atomic mass is 79.9. The van der Waals surface area contributed by atoms with E-state index >= 15 is 0 Å². The van der Waals surface area contributed by atoms with Crippen LogP contribution in [0.25, 0.3) is 0 Å². The summed E-state index contributed by atoms with van der Waals surface area (Å²) in [5.41, 5.74) is 1.76. The van der Waals surface area contributed by atoms with Crippen LogP contribution in [0, 0.1) is 6.92 Å². The van der Waals surface area contributed by atoms with Gasteiger partial charge in [0.15, 0.2) is 0 Å². The molecular formula is C15H11BrNO3-. The standard InChI is InChI=1S/C15H12BrNO3/c1-9-2-3-11(15(19)20)8-13(9)17-14(18)10-4-6-12(16)7-5-10/h2-8H,1H3,(H,17,18)(H,19,20)/p-1. The number of amides is 1. The van der Waals surface area contributed by atoms with Gasteiger partial charge in [0.05, 0.1) is 5.97 Å². The van der Waals surface area contributed by atoms with E-state index in [-0.39, 0.29) is 11.5 Å². The molecule has 0 saturated carbocycles. The number of aromatic carboxylic acids is 1. The number of carboxylic acid groups (broad SMARTS) is 1. The zero-order valence-corrected chi connectivity index (χ0v) is 12.2. The summed E-state index contributed by atoms with van der Waals surface area (Å²) in [6.45, 7) is 1.79.